The Kier molecular flexibility index (Phi) is 5.42. The average Bonchev–Trinajstić information content (AvgIpc) is 2.74. The molecule has 1 aromatic heterocycles. The van der Waals surface area contributed by atoms with Crippen LogP contribution in [0.15, 0.2) is 29.2 Å². The van der Waals surface area contributed by atoms with Gasteiger partial charge in [-0.05, 0) is 45.6 Å². The van der Waals surface area contributed by atoms with Gasteiger partial charge in [-0.1, -0.05) is 12.1 Å². The topological polar surface area (TPSA) is 67.2 Å². The molecule has 2 rings (SSSR count). The first-order chi connectivity index (χ1) is 11.1. The van der Waals surface area contributed by atoms with Gasteiger partial charge in [-0.3, -0.25) is 4.68 Å². The van der Waals surface area contributed by atoms with Crippen LogP contribution in [-0.2, 0) is 17.1 Å². The van der Waals surface area contributed by atoms with E-state index in [9.17, 15) is 12.8 Å². The molecule has 24 heavy (non-hydrogen) atoms. The quantitative estimate of drug-likeness (QED) is 0.858. The van der Waals surface area contributed by atoms with Crippen LogP contribution in [0.5, 0.6) is 0 Å². The highest BCUT2D eigenvalue weighted by Gasteiger charge is 2.25. The van der Waals surface area contributed by atoms with Gasteiger partial charge in [0.1, 0.15) is 10.7 Å². The maximum atomic E-state index is 13.1. The Balaban J connectivity index is 2.24. The fourth-order valence-corrected chi connectivity index (χ4v) is 4.16. The molecule has 2 aromatic rings. The number of aryl methyl sites for hydroxylation is 2. The zero-order chi connectivity index (χ0) is 18.1. The minimum Gasteiger partial charge on any atom is -0.301 e. The summed E-state index contributed by atoms with van der Waals surface area (Å²) in [6.45, 7) is 3.57. The van der Waals surface area contributed by atoms with Crippen LogP contribution in [0.4, 0.5) is 4.39 Å². The molecule has 0 amide bonds. The molecule has 1 N–H and O–H groups in total. The Bertz CT molecular complexity index is 813. The van der Waals surface area contributed by atoms with Crippen LogP contribution in [0.25, 0.3) is 0 Å². The van der Waals surface area contributed by atoms with Gasteiger partial charge in [-0.2, -0.15) is 5.10 Å². The van der Waals surface area contributed by atoms with E-state index in [0.717, 1.165) is 5.56 Å². The van der Waals surface area contributed by atoms with Gasteiger partial charge in [0.2, 0.25) is 10.0 Å². The Labute approximate surface area is 142 Å². The third kappa shape index (κ3) is 3.82. The molecule has 1 heterocycles. The molecule has 0 saturated carbocycles. The van der Waals surface area contributed by atoms with Crippen molar-refractivity contribution < 1.29 is 12.8 Å². The normalized spacial score (nSPS) is 13.5. The van der Waals surface area contributed by atoms with E-state index < -0.39 is 10.0 Å². The summed E-state index contributed by atoms with van der Waals surface area (Å²) in [5.74, 6) is -0.321. The van der Waals surface area contributed by atoms with Gasteiger partial charge in [0.05, 0.1) is 11.4 Å². The molecular formula is C16H23FN4O2S. The molecule has 0 saturated heterocycles. The monoisotopic (exact) mass is 354 g/mol. The molecule has 8 heteroatoms. The number of nitrogens with zero attached hydrogens (tertiary/aromatic N) is 3. The number of aromatic nitrogens is 2. The molecule has 0 radical (unpaired) electrons. The molecule has 1 unspecified atom stereocenters. The molecule has 0 aliphatic rings. The SMILES string of the molecule is Cc1nn(C)c(C)c1S(=O)(=O)NCC(c1ccc(F)cc1)N(C)C. The van der Waals surface area contributed by atoms with E-state index in [1.54, 1.807) is 37.7 Å². The van der Waals surface area contributed by atoms with E-state index in [1.165, 1.54) is 12.1 Å². The molecule has 132 valence electrons. The molecular weight excluding hydrogens is 331 g/mol. The first-order valence-corrected chi connectivity index (χ1v) is 9.03. The molecule has 0 spiro atoms. The van der Waals surface area contributed by atoms with Gasteiger partial charge in [0.25, 0.3) is 0 Å². The van der Waals surface area contributed by atoms with Gasteiger partial charge >= 0.3 is 0 Å². The third-order valence-corrected chi connectivity index (χ3v) is 5.73. The van der Waals surface area contributed by atoms with Crippen molar-refractivity contribution in [2.75, 3.05) is 20.6 Å². The smallest absolute Gasteiger partial charge is 0.244 e. The summed E-state index contributed by atoms with van der Waals surface area (Å²) in [5, 5.41) is 4.15. The van der Waals surface area contributed by atoms with E-state index in [1.807, 2.05) is 19.0 Å². The summed E-state index contributed by atoms with van der Waals surface area (Å²) in [4.78, 5) is 2.10. The largest absolute Gasteiger partial charge is 0.301 e. The fraction of sp³-hybridized carbons (Fsp3) is 0.438. The number of nitrogens with one attached hydrogen (secondary N) is 1. The summed E-state index contributed by atoms with van der Waals surface area (Å²) in [7, 11) is 1.73. The minimum atomic E-state index is -3.68. The summed E-state index contributed by atoms with van der Waals surface area (Å²) in [6.07, 6.45) is 0. The Morgan fingerprint density at radius 3 is 2.29 bits per heavy atom. The van der Waals surface area contributed by atoms with Gasteiger partial charge in [-0.15, -0.1) is 0 Å². The summed E-state index contributed by atoms with van der Waals surface area (Å²) < 4.78 is 42.6. The second kappa shape index (κ2) is 7.00. The molecule has 0 aliphatic carbocycles. The third-order valence-electron chi connectivity index (χ3n) is 4.06. The van der Waals surface area contributed by atoms with Crippen LogP contribution < -0.4 is 4.72 Å². The van der Waals surface area contributed by atoms with Crippen LogP contribution in [0.2, 0.25) is 0 Å². The predicted molar refractivity (Wildman–Crippen MR) is 90.7 cm³/mol. The number of halogens is 1. The van der Waals surface area contributed by atoms with E-state index in [4.69, 9.17) is 0 Å². The first-order valence-electron chi connectivity index (χ1n) is 7.55. The number of hydrogen-bond acceptors (Lipinski definition) is 4. The highest BCUT2D eigenvalue weighted by atomic mass is 32.2. The maximum Gasteiger partial charge on any atom is 0.244 e. The van der Waals surface area contributed by atoms with Crippen LogP contribution in [0.1, 0.15) is 23.0 Å². The lowest BCUT2D eigenvalue weighted by atomic mass is 10.1. The number of sulfonamides is 1. The van der Waals surface area contributed by atoms with E-state index >= 15 is 0 Å². The zero-order valence-electron chi connectivity index (χ0n) is 14.5. The van der Waals surface area contributed by atoms with Crippen LogP contribution in [-0.4, -0.2) is 43.7 Å². The zero-order valence-corrected chi connectivity index (χ0v) is 15.4. The van der Waals surface area contributed by atoms with Gasteiger partial charge in [0.15, 0.2) is 0 Å². The Morgan fingerprint density at radius 1 is 1.25 bits per heavy atom. The van der Waals surface area contributed by atoms with Crippen molar-refractivity contribution >= 4 is 10.0 Å². The predicted octanol–water partition coefficient (Wildman–Crippen LogP) is 1.76. The number of rotatable bonds is 6. The highest BCUT2D eigenvalue weighted by Crippen LogP contribution is 2.21. The minimum absolute atomic E-state index is 0.175. The van der Waals surface area contributed by atoms with Gasteiger partial charge in [0, 0.05) is 19.6 Å². The second-order valence-electron chi connectivity index (χ2n) is 6.01. The van der Waals surface area contributed by atoms with Crippen LogP contribution >= 0.6 is 0 Å². The number of likely N-dealkylation sites (N-methyl/N-ethyl adjacent to an activating group) is 1. The van der Waals surface area contributed by atoms with Crippen molar-refractivity contribution in [3.05, 3.63) is 47.0 Å². The Hall–Kier alpha value is -1.77. The lowest BCUT2D eigenvalue weighted by molar-refractivity contribution is 0.299. The van der Waals surface area contributed by atoms with Crippen molar-refractivity contribution in [1.29, 1.82) is 0 Å². The lowest BCUT2D eigenvalue weighted by Gasteiger charge is -2.25. The van der Waals surface area contributed by atoms with Gasteiger partial charge in [-0.25, -0.2) is 17.5 Å². The molecule has 0 bridgehead atoms. The molecule has 1 aromatic carbocycles. The highest BCUT2D eigenvalue weighted by molar-refractivity contribution is 7.89. The van der Waals surface area contributed by atoms with Crippen molar-refractivity contribution in [2.24, 2.45) is 7.05 Å². The molecule has 6 nitrogen and oxygen atoms in total. The van der Waals surface area contributed by atoms with Crippen molar-refractivity contribution in [1.82, 2.24) is 19.4 Å². The van der Waals surface area contributed by atoms with Gasteiger partial charge < -0.3 is 4.90 Å². The summed E-state index contributed by atoms with van der Waals surface area (Å²) in [5.41, 5.74) is 1.89. The molecule has 1 atom stereocenters. The molecule has 0 aliphatic heterocycles. The number of benzene rings is 1. The molecule has 0 fully saturated rings. The van der Waals surface area contributed by atoms with Crippen LogP contribution in [0.3, 0.4) is 0 Å². The number of hydrogen-bond donors (Lipinski definition) is 1. The van der Waals surface area contributed by atoms with E-state index in [2.05, 4.69) is 9.82 Å². The van der Waals surface area contributed by atoms with Crippen LogP contribution in [0, 0.1) is 19.7 Å². The Morgan fingerprint density at radius 2 is 1.83 bits per heavy atom. The second-order valence-corrected chi connectivity index (χ2v) is 7.71. The summed E-state index contributed by atoms with van der Waals surface area (Å²) in [6, 6.07) is 5.85. The van der Waals surface area contributed by atoms with E-state index in [-0.39, 0.29) is 23.3 Å². The lowest BCUT2D eigenvalue weighted by Crippen LogP contribution is -2.35. The van der Waals surface area contributed by atoms with Crippen molar-refractivity contribution in [2.45, 2.75) is 24.8 Å². The summed E-state index contributed by atoms with van der Waals surface area (Å²) >= 11 is 0. The fourth-order valence-electron chi connectivity index (χ4n) is 2.69. The van der Waals surface area contributed by atoms with E-state index in [0.29, 0.717) is 11.4 Å². The van der Waals surface area contributed by atoms with Crippen molar-refractivity contribution in [3.8, 4) is 0 Å². The standard InChI is InChI=1S/C16H23FN4O2S/c1-11-16(12(2)21(5)19-11)24(22,23)18-10-15(20(3)4)13-6-8-14(17)9-7-13/h6-9,15,18H,10H2,1-5H3. The maximum absolute atomic E-state index is 13.1. The average molecular weight is 354 g/mol. The van der Waals surface area contributed by atoms with Crippen molar-refractivity contribution in [3.63, 3.8) is 0 Å². The first kappa shape index (κ1) is 18.6.